The number of ether oxygens (including phenoxy) is 1. The summed E-state index contributed by atoms with van der Waals surface area (Å²) < 4.78 is 5.51. The van der Waals surface area contributed by atoms with E-state index in [9.17, 15) is 19.8 Å². The molecule has 0 aliphatic heterocycles. The highest BCUT2D eigenvalue weighted by molar-refractivity contribution is 5.76. The largest absolute Gasteiger partial charge is 0.466 e. The van der Waals surface area contributed by atoms with Crippen molar-refractivity contribution in [3.05, 3.63) is 36.5 Å². The van der Waals surface area contributed by atoms with Crippen LogP contribution in [0.15, 0.2) is 36.5 Å². The van der Waals surface area contributed by atoms with Gasteiger partial charge in [-0.25, -0.2) is 0 Å². The molecule has 1 amide bonds. The lowest BCUT2D eigenvalue weighted by molar-refractivity contribution is -0.143. The van der Waals surface area contributed by atoms with Gasteiger partial charge in [0, 0.05) is 12.8 Å². The number of nitrogens with one attached hydrogen (secondary N) is 1. The zero-order valence-electron chi connectivity index (χ0n) is 52.0. The van der Waals surface area contributed by atoms with Gasteiger partial charge in [-0.1, -0.05) is 339 Å². The van der Waals surface area contributed by atoms with Crippen LogP contribution in [0, 0.1) is 0 Å². The van der Waals surface area contributed by atoms with Crippen molar-refractivity contribution in [2.24, 2.45) is 0 Å². The SMILES string of the molecule is CCCCC/C=C\C/C=C\CCCCCCCCCCCC(=O)OCCCCCCCCCCCCCCCCCCCCCCCCCCCCCC(=O)NC(CO)C(O)/C=C/CCCCCCCCCCCCCC. The molecule has 0 saturated carbocycles. The summed E-state index contributed by atoms with van der Waals surface area (Å²) in [6.07, 6.45) is 85.0. The van der Waals surface area contributed by atoms with Gasteiger partial charge in [-0.2, -0.15) is 0 Å². The summed E-state index contributed by atoms with van der Waals surface area (Å²) >= 11 is 0. The topological polar surface area (TPSA) is 95.9 Å². The number of unbranched alkanes of at least 4 members (excludes halogenated alkanes) is 50. The fraction of sp³-hybridized carbons (Fsp3) is 0.887. The number of hydrogen-bond acceptors (Lipinski definition) is 5. The van der Waals surface area contributed by atoms with Crippen molar-refractivity contribution in [1.29, 1.82) is 0 Å². The highest BCUT2D eigenvalue weighted by Crippen LogP contribution is 2.18. The summed E-state index contributed by atoms with van der Waals surface area (Å²) in [4.78, 5) is 24.6. The molecule has 0 fully saturated rings. The molecule has 0 rings (SSSR count). The fourth-order valence-corrected chi connectivity index (χ4v) is 10.8. The van der Waals surface area contributed by atoms with Crippen LogP contribution in [0.1, 0.15) is 380 Å². The number of aliphatic hydroxyl groups excluding tert-OH is 2. The van der Waals surface area contributed by atoms with Crippen molar-refractivity contribution in [2.75, 3.05) is 13.2 Å². The Hall–Kier alpha value is -1.92. The predicted molar refractivity (Wildman–Crippen MR) is 338 cm³/mol. The maximum Gasteiger partial charge on any atom is 0.305 e. The minimum absolute atomic E-state index is 0.0143. The first kappa shape index (κ1) is 75.1. The molecule has 0 bridgehead atoms. The lowest BCUT2D eigenvalue weighted by Gasteiger charge is -2.20. The Kier molecular flexibility index (Phi) is 64.9. The average Bonchev–Trinajstić information content (AvgIpc) is 3.43. The van der Waals surface area contributed by atoms with Crippen LogP contribution in [0.3, 0.4) is 0 Å². The molecule has 0 heterocycles. The maximum atomic E-state index is 12.5. The van der Waals surface area contributed by atoms with E-state index in [4.69, 9.17) is 4.74 Å². The Balaban J connectivity index is 3.35. The van der Waals surface area contributed by atoms with Crippen LogP contribution < -0.4 is 5.32 Å². The molecule has 0 aromatic heterocycles. The summed E-state index contributed by atoms with van der Waals surface area (Å²) in [5, 5.41) is 23.1. The van der Waals surface area contributed by atoms with Crippen molar-refractivity contribution < 1.29 is 24.5 Å². The van der Waals surface area contributed by atoms with E-state index in [1.54, 1.807) is 6.08 Å². The Bertz CT molecular complexity index is 1250. The van der Waals surface area contributed by atoms with E-state index in [-0.39, 0.29) is 18.5 Å². The summed E-state index contributed by atoms with van der Waals surface area (Å²) in [7, 11) is 0. The van der Waals surface area contributed by atoms with Crippen molar-refractivity contribution >= 4 is 11.9 Å². The molecule has 3 N–H and O–H groups in total. The average molecular weight is 1080 g/mol. The molecule has 2 atom stereocenters. The minimum atomic E-state index is -0.842. The van der Waals surface area contributed by atoms with Crippen LogP contribution in [0.25, 0.3) is 0 Å². The first-order valence-electron chi connectivity index (χ1n) is 34.8. The third kappa shape index (κ3) is 63.1. The zero-order chi connectivity index (χ0) is 55.7. The second-order valence-corrected chi connectivity index (χ2v) is 23.9. The van der Waals surface area contributed by atoms with E-state index in [0.29, 0.717) is 19.4 Å². The van der Waals surface area contributed by atoms with Gasteiger partial charge in [0.15, 0.2) is 0 Å². The summed E-state index contributed by atoms with van der Waals surface area (Å²) in [5.41, 5.74) is 0. The molecule has 0 aromatic rings. The van der Waals surface area contributed by atoms with Crippen molar-refractivity contribution in [2.45, 2.75) is 392 Å². The van der Waals surface area contributed by atoms with E-state index in [1.807, 2.05) is 6.08 Å². The molecule has 454 valence electrons. The van der Waals surface area contributed by atoms with Gasteiger partial charge in [-0.15, -0.1) is 0 Å². The molecule has 6 heteroatoms. The molecule has 2 unspecified atom stereocenters. The summed E-state index contributed by atoms with van der Waals surface area (Å²) in [6.45, 7) is 4.90. The van der Waals surface area contributed by atoms with Gasteiger partial charge in [0.25, 0.3) is 0 Å². The Labute approximate surface area is 481 Å². The van der Waals surface area contributed by atoms with E-state index < -0.39 is 12.1 Å². The van der Waals surface area contributed by atoms with Crippen LogP contribution in [0.4, 0.5) is 0 Å². The minimum Gasteiger partial charge on any atom is -0.466 e. The third-order valence-electron chi connectivity index (χ3n) is 16.2. The Morgan fingerprint density at radius 2 is 0.649 bits per heavy atom. The molecular weight excluding hydrogens is 947 g/mol. The van der Waals surface area contributed by atoms with Crippen LogP contribution in [0.5, 0.6) is 0 Å². The number of carbonyl (C=O) groups excluding carboxylic acids is 2. The lowest BCUT2D eigenvalue weighted by Crippen LogP contribution is -2.45. The van der Waals surface area contributed by atoms with Crippen molar-refractivity contribution in [1.82, 2.24) is 5.32 Å². The highest BCUT2D eigenvalue weighted by Gasteiger charge is 2.18. The van der Waals surface area contributed by atoms with E-state index >= 15 is 0 Å². The fourth-order valence-electron chi connectivity index (χ4n) is 10.8. The van der Waals surface area contributed by atoms with Crippen LogP contribution >= 0.6 is 0 Å². The normalized spacial score (nSPS) is 12.7. The molecule has 0 saturated heterocycles. The number of allylic oxidation sites excluding steroid dienone is 5. The summed E-state index contributed by atoms with van der Waals surface area (Å²) in [5.74, 6) is -0.0494. The Morgan fingerprint density at radius 3 is 1.01 bits per heavy atom. The smallest absolute Gasteiger partial charge is 0.305 e. The zero-order valence-corrected chi connectivity index (χ0v) is 52.0. The number of aliphatic hydroxyl groups is 2. The number of hydrogen-bond donors (Lipinski definition) is 3. The molecule has 0 aliphatic rings. The van der Waals surface area contributed by atoms with Crippen LogP contribution in [-0.4, -0.2) is 47.4 Å². The molecule has 6 nitrogen and oxygen atoms in total. The molecule has 77 heavy (non-hydrogen) atoms. The Morgan fingerprint density at radius 1 is 0.364 bits per heavy atom. The standard InChI is InChI=1S/C71H135NO5/c1-3-5-7-9-11-13-15-17-19-20-30-34-37-41-45-49-53-57-61-65-71(76)77-66-62-58-54-50-46-42-38-35-32-29-27-25-23-21-22-24-26-28-31-33-36-40-44-48-52-56-60-64-70(75)72-68(67-73)69(74)63-59-55-51-47-43-39-18-16-14-12-10-8-6-4-2/h11,13,17,19,59,63,68-69,73-74H,3-10,12,14-16,18,20-58,60-62,64-67H2,1-2H3,(H,72,75)/b13-11-,19-17-,63-59+. The molecule has 0 aliphatic carbocycles. The second-order valence-electron chi connectivity index (χ2n) is 23.9. The van der Waals surface area contributed by atoms with Gasteiger partial charge >= 0.3 is 5.97 Å². The molecule has 0 spiro atoms. The second kappa shape index (κ2) is 66.6. The van der Waals surface area contributed by atoms with Gasteiger partial charge in [-0.3, -0.25) is 9.59 Å². The van der Waals surface area contributed by atoms with Gasteiger partial charge in [0.2, 0.25) is 5.91 Å². The predicted octanol–water partition coefficient (Wildman–Crippen LogP) is 22.3. The first-order chi connectivity index (χ1) is 38.0. The van der Waals surface area contributed by atoms with Gasteiger partial charge in [0.1, 0.15) is 0 Å². The van der Waals surface area contributed by atoms with Crippen LogP contribution in [0.2, 0.25) is 0 Å². The van der Waals surface area contributed by atoms with E-state index in [1.165, 1.54) is 302 Å². The van der Waals surface area contributed by atoms with Gasteiger partial charge < -0.3 is 20.3 Å². The molecular formula is C71H135NO5. The van der Waals surface area contributed by atoms with Crippen molar-refractivity contribution in [3.8, 4) is 0 Å². The number of carbonyl (C=O) groups is 2. The van der Waals surface area contributed by atoms with Crippen molar-refractivity contribution in [3.63, 3.8) is 0 Å². The summed E-state index contributed by atoms with van der Waals surface area (Å²) in [6, 6.07) is -0.625. The maximum absolute atomic E-state index is 12.5. The molecule has 0 aromatic carbocycles. The quantitative estimate of drug-likeness (QED) is 0.0320. The molecule has 0 radical (unpaired) electrons. The van der Waals surface area contributed by atoms with E-state index in [0.717, 1.165) is 51.4 Å². The lowest BCUT2D eigenvalue weighted by atomic mass is 10.0. The van der Waals surface area contributed by atoms with Gasteiger partial charge in [-0.05, 0) is 64.2 Å². The van der Waals surface area contributed by atoms with E-state index in [2.05, 4.69) is 43.5 Å². The monoisotopic (exact) mass is 1080 g/mol. The highest BCUT2D eigenvalue weighted by atomic mass is 16.5. The third-order valence-corrected chi connectivity index (χ3v) is 16.2. The number of rotatable bonds is 65. The number of esters is 1. The number of amides is 1. The van der Waals surface area contributed by atoms with Gasteiger partial charge in [0.05, 0.1) is 25.4 Å². The van der Waals surface area contributed by atoms with Crippen LogP contribution in [-0.2, 0) is 14.3 Å². The first-order valence-corrected chi connectivity index (χ1v) is 34.8.